The number of oxime groups is 1. The molecule has 10 heteroatoms. The predicted octanol–water partition coefficient (Wildman–Crippen LogP) is 1.28. The van der Waals surface area contributed by atoms with E-state index in [1.54, 1.807) is 6.92 Å². The molecule has 144 valence electrons. The summed E-state index contributed by atoms with van der Waals surface area (Å²) >= 11 is 0. The lowest BCUT2D eigenvalue weighted by Gasteiger charge is -2.28. The SMILES string of the molecule is C/C(=N\N=O)C(C)(C)NCCCNC(C)(C)/C(CCC(=O)ON)=N/O. The number of hydrogen-bond acceptors (Lipinski definition) is 9. The fourth-order valence-corrected chi connectivity index (χ4v) is 2.07. The number of nitrogens with one attached hydrogen (secondary N) is 2. The highest BCUT2D eigenvalue weighted by molar-refractivity contribution is 5.94. The molecule has 0 atom stereocenters. The lowest BCUT2D eigenvalue weighted by atomic mass is 9.94. The summed E-state index contributed by atoms with van der Waals surface area (Å²) in [5, 5.41) is 25.1. The van der Waals surface area contributed by atoms with Crippen molar-refractivity contribution in [2.24, 2.45) is 21.4 Å². The Morgan fingerprint density at radius 3 is 2.16 bits per heavy atom. The molecule has 0 aliphatic heterocycles. The van der Waals surface area contributed by atoms with E-state index in [9.17, 15) is 14.9 Å². The van der Waals surface area contributed by atoms with E-state index in [0.717, 1.165) is 6.42 Å². The zero-order valence-corrected chi connectivity index (χ0v) is 15.6. The number of nitrogens with two attached hydrogens (primary N) is 1. The minimum Gasteiger partial charge on any atom is -0.411 e. The highest BCUT2D eigenvalue weighted by Crippen LogP contribution is 2.11. The Hall–Kier alpha value is -1.91. The Bertz CT molecular complexity index is 502. The number of nitroso groups, excluding NO2 is 1. The highest BCUT2D eigenvalue weighted by atomic mass is 16.7. The molecule has 0 aromatic rings. The van der Waals surface area contributed by atoms with Crippen LogP contribution in [-0.2, 0) is 9.63 Å². The van der Waals surface area contributed by atoms with Crippen LogP contribution in [0.3, 0.4) is 0 Å². The van der Waals surface area contributed by atoms with Crippen molar-refractivity contribution < 1.29 is 14.8 Å². The van der Waals surface area contributed by atoms with Crippen molar-refractivity contribution in [2.75, 3.05) is 13.1 Å². The van der Waals surface area contributed by atoms with Crippen LogP contribution in [0.5, 0.6) is 0 Å². The van der Waals surface area contributed by atoms with E-state index < -0.39 is 17.0 Å². The van der Waals surface area contributed by atoms with Crippen molar-refractivity contribution in [1.82, 2.24) is 10.6 Å². The van der Waals surface area contributed by atoms with Gasteiger partial charge in [0.1, 0.15) is 0 Å². The van der Waals surface area contributed by atoms with Crippen LogP contribution in [0, 0.1) is 4.91 Å². The Morgan fingerprint density at radius 2 is 1.68 bits per heavy atom. The summed E-state index contributed by atoms with van der Waals surface area (Å²) in [4.78, 5) is 25.4. The predicted molar refractivity (Wildman–Crippen MR) is 96.4 cm³/mol. The van der Waals surface area contributed by atoms with E-state index >= 15 is 0 Å². The average Bonchev–Trinajstić information content (AvgIpc) is 2.54. The monoisotopic (exact) mass is 358 g/mol. The standard InChI is InChI=1S/C15H30N6O4/c1-11(19-21-24)14(2,3)17-9-6-10-18-15(4,5)12(20-23)7-8-13(22)25-16/h17-18,23H,6-10,16H2,1-5H3/b19-11+,20-12+. The Kier molecular flexibility index (Phi) is 10.0. The number of nitrogens with zero attached hydrogens (tertiary/aromatic N) is 3. The van der Waals surface area contributed by atoms with Crippen LogP contribution in [0.25, 0.3) is 0 Å². The van der Waals surface area contributed by atoms with E-state index in [0.29, 0.717) is 24.5 Å². The molecular weight excluding hydrogens is 328 g/mol. The van der Waals surface area contributed by atoms with Gasteiger partial charge in [-0.05, 0) is 54.1 Å². The van der Waals surface area contributed by atoms with Crippen molar-refractivity contribution >= 4 is 17.4 Å². The van der Waals surface area contributed by atoms with Gasteiger partial charge in [-0.1, -0.05) is 5.16 Å². The Labute approximate surface area is 148 Å². The normalized spacial score (nSPS) is 13.7. The topological polar surface area (TPSA) is 151 Å². The van der Waals surface area contributed by atoms with Gasteiger partial charge in [0.15, 0.2) is 0 Å². The molecule has 25 heavy (non-hydrogen) atoms. The quantitative estimate of drug-likeness (QED) is 0.135. The van der Waals surface area contributed by atoms with Gasteiger partial charge in [-0.3, -0.25) is 4.79 Å². The first-order valence-corrected chi connectivity index (χ1v) is 8.09. The summed E-state index contributed by atoms with van der Waals surface area (Å²) in [5.74, 6) is 4.23. The molecule has 0 heterocycles. The molecule has 0 aromatic carbocycles. The van der Waals surface area contributed by atoms with E-state index in [2.05, 4.69) is 31.0 Å². The van der Waals surface area contributed by atoms with Gasteiger partial charge in [-0.2, -0.15) is 5.90 Å². The summed E-state index contributed by atoms with van der Waals surface area (Å²) < 4.78 is 0. The Morgan fingerprint density at radius 1 is 1.12 bits per heavy atom. The number of carbonyl (C=O) groups excluding carboxylic acids is 1. The lowest BCUT2D eigenvalue weighted by Crippen LogP contribution is -2.49. The molecule has 0 fully saturated rings. The fraction of sp³-hybridized carbons (Fsp3) is 0.800. The van der Waals surface area contributed by atoms with Gasteiger partial charge in [-0.15, -0.1) is 10.0 Å². The smallest absolute Gasteiger partial charge is 0.324 e. The molecule has 0 bridgehead atoms. The lowest BCUT2D eigenvalue weighted by molar-refractivity contribution is -0.144. The van der Waals surface area contributed by atoms with Crippen molar-refractivity contribution in [1.29, 1.82) is 0 Å². The van der Waals surface area contributed by atoms with Crippen molar-refractivity contribution in [3.63, 3.8) is 0 Å². The first kappa shape index (κ1) is 23.1. The molecule has 0 radical (unpaired) electrons. The third-order valence-electron chi connectivity index (χ3n) is 4.12. The number of carbonyl (C=O) groups is 1. The molecule has 0 aromatic heterocycles. The first-order valence-electron chi connectivity index (χ1n) is 8.09. The van der Waals surface area contributed by atoms with Gasteiger partial charge in [-0.25, -0.2) is 0 Å². The maximum Gasteiger partial charge on any atom is 0.324 e. The summed E-state index contributed by atoms with van der Waals surface area (Å²) in [7, 11) is 0. The van der Waals surface area contributed by atoms with Crippen molar-refractivity contribution in [3.05, 3.63) is 4.91 Å². The van der Waals surface area contributed by atoms with Gasteiger partial charge in [0.25, 0.3) is 0 Å². The summed E-state index contributed by atoms with van der Waals surface area (Å²) in [5.41, 5.74) is 0.0327. The van der Waals surface area contributed by atoms with Crippen LogP contribution in [0.2, 0.25) is 0 Å². The highest BCUT2D eigenvalue weighted by Gasteiger charge is 2.26. The molecule has 0 spiro atoms. The van der Waals surface area contributed by atoms with E-state index in [1.165, 1.54) is 0 Å². The zero-order chi connectivity index (χ0) is 19.5. The minimum absolute atomic E-state index is 0.0418. The second kappa shape index (κ2) is 10.9. The van der Waals surface area contributed by atoms with E-state index in [1.807, 2.05) is 27.7 Å². The van der Waals surface area contributed by atoms with Crippen LogP contribution >= 0.6 is 0 Å². The van der Waals surface area contributed by atoms with Crippen LogP contribution in [-0.4, -0.2) is 46.8 Å². The summed E-state index contributed by atoms with van der Waals surface area (Å²) in [6.07, 6.45) is 1.07. The molecule has 0 saturated carbocycles. The second-order valence-electron chi connectivity index (χ2n) is 6.76. The third kappa shape index (κ3) is 8.66. The van der Waals surface area contributed by atoms with Crippen LogP contribution in [0.1, 0.15) is 53.9 Å². The molecule has 0 aliphatic rings. The maximum atomic E-state index is 11.1. The van der Waals surface area contributed by atoms with E-state index in [4.69, 9.17) is 5.90 Å². The number of hydrogen-bond donors (Lipinski definition) is 4. The molecule has 0 aliphatic carbocycles. The summed E-state index contributed by atoms with van der Waals surface area (Å²) in [6, 6.07) is 0. The largest absolute Gasteiger partial charge is 0.411 e. The molecule has 0 unspecified atom stereocenters. The second-order valence-corrected chi connectivity index (χ2v) is 6.76. The van der Waals surface area contributed by atoms with E-state index in [-0.39, 0.29) is 12.8 Å². The first-order chi connectivity index (χ1) is 11.6. The van der Waals surface area contributed by atoms with Crippen LogP contribution < -0.4 is 16.5 Å². The van der Waals surface area contributed by atoms with Crippen LogP contribution in [0.4, 0.5) is 0 Å². The maximum absolute atomic E-state index is 11.1. The fourth-order valence-electron chi connectivity index (χ4n) is 2.07. The molecule has 0 rings (SSSR count). The minimum atomic E-state index is -0.585. The molecule has 10 nitrogen and oxygen atoms in total. The van der Waals surface area contributed by atoms with Gasteiger partial charge in [0.05, 0.1) is 34.2 Å². The van der Waals surface area contributed by atoms with Gasteiger partial charge in [0, 0.05) is 6.42 Å². The average molecular weight is 358 g/mol. The number of rotatable bonds is 12. The van der Waals surface area contributed by atoms with Crippen molar-refractivity contribution in [2.45, 2.75) is 65.0 Å². The zero-order valence-electron chi connectivity index (χ0n) is 15.6. The molecule has 0 amide bonds. The molecule has 5 N–H and O–H groups in total. The molecule has 0 saturated heterocycles. The molecular formula is C15H30N6O4. The van der Waals surface area contributed by atoms with Crippen LogP contribution in [0.15, 0.2) is 15.5 Å². The third-order valence-corrected chi connectivity index (χ3v) is 4.12. The summed E-state index contributed by atoms with van der Waals surface area (Å²) in [6.45, 7) is 10.6. The van der Waals surface area contributed by atoms with Gasteiger partial charge >= 0.3 is 5.97 Å². The Balaban J connectivity index is 4.35. The van der Waals surface area contributed by atoms with Gasteiger partial charge < -0.3 is 20.7 Å². The van der Waals surface area contributed by atoms with Gasteiger partial charge in [0.2, 0.25) is 0 Å². The van der Waals surface area contributed by atoms with Crippen molar-refractivity contribution in [3.8, 4) is 0 Å².